The van der Waals surface area contributed by atoms with E-state index in [0.717, 1.165) is 12.8 Å². The molecule has 2 heteroatoms. The maximum absolute atomic E-state index is 12.6. The Morgan fingerprint density at radius 3 is 2.46 bits per heavy atom. The topological polar surface area (TPSA) is 29.1 Å². The lowest BCUT2D eigenvalue weighted by atomic mass is 9.72. The predicted molar refractivity (Wildman–Crippen MR) is 105 cm³/mol. The van der Waals surface area contributed by atoms with Crippen LogP contribution in [0.3, 0.4) is 0 Å². The minimum absolute atomic E-state index is 0.0253. The molecule has 0 spiro atoms. The largest absolute Gasteiger partial charge is 0.347 e. The summed E-state index contributed by atoms with van der Waals surface area (Å²) in [5.41, 5.74) is 1.29. The van der Waals surface area contributed by atoms with Crippen molar-refractivity contribution in [2.75, 3.05) is 0 Å². The summed E-state index contributed by atoms with van der Waals surface area (Å²) in [6, 6.07) is 0. The molecular weight excluding hydrogens is 294 g/mol. The van der Waals surface area contributed by atoms with Crippen molar-refractivity contribution in [3.63, 3.8) is 0 Å². The van der Waals surface area contributed by atoms with Crippen molar-refractivity contribution in [3.05, 3.63) is 23.8 Å². The zero-order valence-corrected chi connectivity index (χ0v) is 16.9. The third-order valence-corrected chi connectivity index (χ3v) is 4.91. The van der Waals surface area contributed by atoms with Crippen LogP contribution < -0.4 is 5.32 Å². The molecule has 0 radical (unpaired) electrons. The van der Waals surface area contributed by atoms with Gasteiger partial charge in [0.2, 0.25) is 5.91 Å². The molecule has 24 heavy (non-hydrogen) atoms. The Morgan fingerprint density at radius 1 is 1.17 bits per heavy atom. The first-order chi connectivity index (χ1) is 11.2. The molecule has 0 heterocycles. The van der Waals surface area contributed by atoms with E-state index in [0.29, 0.717) is 12.3 Å². The number of hydrogen-bond acceptors (Lipinski definition) is 1. The van der Waals surface area contributed by atoms with Gasteiger partial charge < -0.3 is 5.32 Å². The predicted octanol–water partition coefficient (Wildman–Crippen LogP) is 6.18. The minimum Gasteiger partial charge on any atom is -0.347 e. The number of unbranched alkanes of at least 4 members (excludes halogenated alkanes) is 3. The van der Waals surface area contributed by atoms with Gasteiger partial charge in [0.05, 0.1) is 5.54 Å². The second-order valence-electron chi connectivity index (χ2n) is 8.82. The zero-order chi connectivity index (χ0) is 18.2. The molecule has 0 saturated carbocycles. The third kappa shape index (κ3) is 6.83. The normalized spacial score (nSPS) is 23.9. The van der Waals surface area contributed by atoms with Gasteiger partial charge >= 0.3 is 0 Å². The van der Waals surface area contributed by atoms with Crippen LogP contribution in [0, 0.1) is 11.3 Å². The van der Waals surface area contributed by atoms with E-state index in [-0.39, 0.29) is 16.9 Å². The van der Waals surface area contributed by atoms with Crippen molar-refractivity contribution in [1.29, 1.82) is 0 Å². The summed E-state index contributed by atoms with van der Waals surface area (Å²) in [4.78, 5) is 12.6. The van der Waals surface area contributed by atoms with E-state index in [2.05, 4.69) is 65.1 Å². The summed E-state index contributed by atoms with van der Waals surface area (Å²) in [5, 5.41) is 3.36. The van der Waals surface area contributed by atoms with Gasteiger partial charge in [0.15, 0.2) is 0 Å². The summed E-state index contributed by atoms with van der Waals surface area (Å²) in [6.07, 6.45) is 15.8. The fraction of sp³-hybridized carbons (Fsp3) is 0.773. The van der Waals surface area contributed by atoms with Crippen LogP contribution in [0.15, 0.2) is 23.8 Å². The van der Waals surface area contributed by atoms with E-state index in [1.54, 1.807) is 0 Å². The highest BCUT2D eigenvalue weighted by molar-refractivity contribution is 5.78. The standard InChI is InChI=1S/C22H39NO/c1-7-9-10-11-15-19-18(13-8-2)14-12-16-22(19,6)23-20(24)17-21(3,4)5/h12,14,16,19H,7-11,13,15,17H2,1-6H3,(H,23,24). The summed E-state index contributed by atoms with van der Waals surface area (Å²) < 4.78 is 0. The monoisotopic (exact) mass is 333 g/mol. The molecule has 1 aliphatic carbocycles. The summed E-state index contributed by atoms with van der Waals surface area (Å²) in [7, 11) is 0. The molecule has 1 rings (SSSR count). The molecule has 0 saturated heterocycles. The molecule has 138 valence electrons. The van der Waals surface area contributed by atoms with Crippen molar-refractivity contribution in [2.45, 2.75) is 98.4 Å². The average molecular weight is 334 g/mol. The molecule has 1 amide bonds. The van der Waals surface area contributed by atoms with Gasteiger partial charge in [0.1, 0.15) is 0 Å². The van der Waals surface area contributed by atoms with Crippen molar-refractivity contribution in [2.24, 2.45) is 11.3 Å². The van der Waals surface area contributed by atoms with Crippen LogP contribution in [0.5, 0.6) is 0 Å². The van der Waals surface area contributed by atoms with Gasteiger partial charge in [0.25, 0.3) is 0 Å². The zero-order valence-electron chi connectivity index (χ0n) is 16.9. The number of rotatable bonds is 9. The number of carbonyl (C=O) groups excluding carboxylic acids is 1. The number of allylic oxidation sites excluding steroid dienone is 2. The molecule has 1 aliphatic rings. The Hall–Kier alpha value is -1.05. The van der Waals surface area contributed by atoms with Gasteiger partial charge in [0, 0.05) is 12.3 Å². The Labute approximate surface area is 150 Å². The van der Waals surface area contributed by atoms with Gasteiger partial charge in [-0.3, -0.25) is 4.79 Å². The molecule has 2 nitrogen and oxygen atoms in total. The van der Waals surface area contributed by atoms with Crippen LogP contribution >= 0.6 is 0 Å². The number of hydrogen-bond donors (Lipinski definition) is 1. The lowest BCUT2D eigenvalue weighted by Crippen LogP contribution is -2.52. The molecule has 1 N–H and O–H groups in total. The smallest absolute Gasteiger partial charge is 0.221 e. The Bertz CT molecular complexity index is 455. The third-order valence-electron chi connectivity index (χ3n) is 4.91. The summed E-state index contributed by atoms with van der Waals surface area (Å²) in [6.45, 7) is 13.1. The van der Waals surface area contributed by atoms with E-state index in [9.17, 15) is 4.79 Å². The maximum Gasteiger partial charge on any atom is 0.221 e. The van der Waals surface area contributed by atoms with Gasteiger partial charge in [-0.1, -0.05) is 90.5 Å². The van der Waals surface area contributed by atoms with Gasteiger partial charge in [-0.2, -0.15) is 0 Å². The first-order valence-corrected chi connectivity index (χ1v) is 9.91. The van der Waals surface area contributed by atoms with Gasteiger partial charge in [-0.25, -0.2) is 0 Å². The van der Waals surface area contributed by atoms with Gasteiger partial charge in [-0.15, -0.1) is 0 Å². The van der Waals surface area contributed by atoms with Crippen LogP contribution in [0.4, 0.5) is 0 Å². The first-order valence-electron chi connectivity index (χ1n) is 9.91. The number of amides is 1. The van der Waals surface area contributed by atoms with E-state index in [1.807, 2.05) is 0 Å². The molecule has 0 aromatic carbocycles. The lowest BCUT2D eigenvalue weighted by molar-refractivity contribution is -0.124. The average Bonchev–Trinajstić information content (AvgIpc) is 2.43. The van der Waals surface area contributed by atoms with Crippen molar-refractivity contribution >= 4 is 5.91 Å². The van der Waals surface area contributed by atoms with Crippen molar-refractivity contribution in [1.82, 2.24) is 5.32 Å². The Morgan fingerprint density at radius 2 is 1.88 bits per heavy atom. The van der Waals surface area contributed by atoms with Crippen molar-refractivity contribution < 1.29 is 4.79 Å². The van der Waals surface area contributed by atoms with Crippen LogP contribution in [0.1, 0.15) is 92.9 Å². The molecule has 0 aromatic heterocycles. The van der Waals surface area contributed by atoms with Gasteiger partial charge in [-0.05, 0) is 25.2 Å². The SMILES string of the molecule is CCCCCCC1C(CCC)=CC=CC1(C)NC(=O)CC(C)(C)C. The van der Waals surface area contributed by atoms with Crippen LogP contribution in [0.25, 0.3) is 0 Å². The number of nitrogens with one attached hydrogen (secondary N) is 1. The van der Waals surface area contributed by atoms with Crippen LogP contribution in [0.2, 0.25) is 0 Å². The molecule has 0 aliphatic heterocycles. The van der Waals surface area contributed by atoms with Crippen molar-refractivity contribution in [3.8, 4) is 0 Å². The molecule has 2 atom stereocenters. The highest BCUT2D eigenvalue weighted by atomic mass is 16.1. The maximum atomic E-state index is 12.6. The molecular formula is C22H39NO. The highest BCUT2D eigenvalue weighted by Crippen LogP contribution is 2.37. The quantitative estimate of drug-likeness (QED) is 0.501. The second-order valence-corrected chi connectivity index (χ2v) is 8.82. The fourth-order valence-corrected chi connectivity index (χ4v) is 3.75. The fourth-order valence-electron chi connectivity index (χ4n) is 3.75. The molecule has 0 aromatic rings. The first kappa shape index (κ1) is 21.0. The van der Waals surface area contributed by atoms with E-state index < -0.39 is 0 Å². The molecule has 0 bridgehead atoms. The summed E-state index contributed by atoms with van der Waals surface area (Å²) >= 11 is 0. The highest BCUT2D eigenvalue weighted by Gasteiger charge is 2.36. The molecule has 0 fully saturated rings. The Balaban J connectivity index is 2.84. The minimum atomic E-state index is -0.242. The van der Waals surface area contributed by atoms with Crippen LogP contribution in [-0.4, -0.2) is 11.4 Å². The second kappa shape index (κ2) is 9.44. The Kier molecular flexibility index (Phi) is 8.26. The molecule has 2 unspecified atom stereocenters. The van der Waals surface area contributed by atoms with E-state index in [1.165, 1.54) is 37.7 Å². The van der Waals surface area contributed by atoms with E-state index in [4.69, 9.17) is 0 Å². The lowest BCUT2D eigenvalue weighted by Gasteiger charge is -2.40. The van der Waals surface area contributed by atoms with E-state index >= 15 is 0 Å². The number of carbonyl (C=O) groups is 1. The van der Waals surface area contributed by atoms with Crippen LogP contribution in [-0.2, 0) is 4.79 Å². The summed E-state index contributed by atoms with van der Waals surface area (Å²) in [5.74, 6) is 0.606.